The highest BCUT2D eigenvalue weighted by Crippen LogP contribution is 2.12. The summed E-state index contributed by atoms with van der Waals surface area (Å²) in [4.78, 5) is 25.4. The molecule has 1 aliphatic heterocycles. The van der Waals surface area contributed by atoms with E-state index in [0.717, 1.165) is 36.7 Å². The predicted octanol–water partition coefficient (Wildman–Crippen LogP) is 1.80. The summed E-state index contributed by atoms with van der Waals surface area (Å²) in [6.45, 7) is 3.60. The number of aromatic nitrogens is 3. The summed E-state index contributed by atoms with van der Waals surface area (Å²) in [5.74, 6) is 0.972. The van der Waals surface area contributed by atoms with Gasteiger partial charge in [0.2, 0.25) is 0 Å². The molecule has 0 aromatic carbocycles. The average molecular weight is 350 g/mol. The van der Waals surface area contributed by atoms with E-state index < -0.39 is 0 Å². The van der Waals surface area contributed by atoms with Crippen LogP contribution in [0.25, 0.3) is 5.65 Å². The highest BCUT2D eigenvalue weighted by atomic mass is 16.2. The van der Waals surface area contributed by atoms with E-state index in [0.29, 0.717) is 19.6 Å². The van der Waals surface area contributed by atoms with E-state index in [1.807, 2.05) is 58.1 Å². The van der Waals surface area contributed by atoms with Gasteiger partial charge in [-0.3, -0.25) is 0 Å². The van der Waals surface area contributed by atoms with Crippen LogP contribution in [0.2, 0.25) is 0 Å². The van der Waals surface area contributed by atoms with Gasteiger partial charge in [0.25, 0.3) is 0 Å². The minimum atomic E-state index is -0.00515. The Hall–Kier alpha value is -3.09. The zero-order valence-corrected chi connectivity index (χ0v) is 14.6. The van der Waals surface area contributed by atoms with E-state index >= 15 is 0 Å². The van der Waals surface area contributed by atoms with Crippen LogP contribution in [-0.2, 0) is 6.42 Å². The van der Waals surface area contributed by atoms with Crippen molar-refractivity contribution in [3.05, 3.63) is 60.7 Å². The second-order valence-corrected chi connectivity index (χ2v) is 6.34. The molecule has 0 aliphatic carbocycles. The molecule has 26 heavy (non-hydrogen) atoms. The molecule has 3 aromatic rings. The van der Waals surface area contributed by atoms with Crippen LogP contribution in [0.5, 0.6) is 0 Å². The van der Waals surface area contributed by atoms with Crippen LogP contribution in [-0.4, -0.2) is 58.0 Å². The molecular formula is C19H22N6O. The molecule has 7 nitrogen and oxygen atoms in total. The number of amides is 2. The lowest BCUT2D eigenvalue weighted by molar-refractivity contribution is 0.194. The summed E-state index contributed by atoms with van der Waals surface area (Å²) in [5, 5.41) is 3.00. The van der Waals surface area contributed by atoms with E-state index in [9.17, 15) is 4.79 Å². The molecule has 1 N–H and O–H groups in total. The number of urea groups is 1. The van der Waals surface area contributed by atoms with Crippen LogP contribution in [0.3, 0.4) is 0 Å². The summed E-state index contributed by atoms with van der Waals surface area (Å²) < 4.78 is 1.99. The number of rotatable bonds is 4. The average Bonchev–Trinajstić information content (AvgIpc) is 3.11. The van der Waals surface area contributed by atoms with Gasteiger partial charge in [0.15, 0.2) is 0 Å². The fourth-order valence-electron chi connectivity index (χ4n) is 3.20. The molecule has 4 heterocycles. The lowest BCUT2D eigenvalue weighted by Gasteiger charge is -2.35. The molecule has 3 aromatic heterocycles. The molecule has 0 spiro atoms. The van der Waals surface area contributed by atoms with Crippen molar-refractivity contribution in [1.29, 1.82) is 0 Å². The number of fused-ring (bicyclic) bond motifs is 1. The van der Waals surface area contributed by atoms with Crippen LogP contribution < -0.4 is 10.2 Å². The van der Waals surface area contributed by atoms with Crippen molar-refractivity contribution in [2.24, 2.45) is 0 Å². The first-order valence-corrected chi connectivity index (χ1v) is 8.91. The number of anilines is 1. The van der Waals surface area contributed by atoms with Gasteiger partial charge in [0.05, 0.1) is 5.69 Å². The number of carbonyl (C=O) groups excluding carboxylic acids is 1. The predicted molar refractivity (Wildman–Crippen MR) is 100 cm³/mol. The number of pyridine rings is 2. The standard InChI is InChI=1S/C19H22N6O/c26-19(21-9-7-16-15-25-10-4-2-6-18(25)22-16)24-13-11-23(12-14-24)17-5-1-3-8-20-17/h1-6,8,10,15H,7,9,11-14H2,(H,21,26). The number of hydrogen-bond donors (Lipinski definition) is 1. The minimum Gasteiger partial charge on any atom is -0.353 e. The number of imidazole rings is 1. The molecule has 1 saturated heterocycles. The molecule has 7 heteroatoms. The Morgan fingerprint density at radius 3 is 2.69 bits per heavy atom. The fourth-order valence-corrected chi connectivity index (χ4v) is 3.20. The maximum atomic E-state index is 12.4. The maximum absolute atomic E-state index is 12.4. The van der Waals surface area contributed by atoms with Crippen molar-refractivity contribution in [1.82, 2.24) is 24.6 Å². The lowest BCUT2D eigenvalue weighted by Crippen LogP contribution is -2.52. The van der Waals surface area contributed by atoms with Gasteiger partial charge in [-0.05, 0) is 24.3 Å². The lowest BCUT2D eigenvalue weighted by atomic mass is 10.3. The van der Waals surface area contributed by atoms with Gasteiger partial charge in [-0.1, -0.05) is 12.1 Å². The van der Waals surface area contributed by atoms with Crippen LogP contribution in [0, 0.1) is 0 Å². The third-order valence-corrected chi connectivity index (χ3v) is 4.61. The topological polar surface area (TPSA) is 65.8 Å². The van der Waals surface area contributed by atoms with Crippen LogP contribution in [0.15, 0.2) is 55.0 Å². The molecule has 0 radical (unpaired) electrons. The third kappa shape index (κ3) is 3.61. The van der Waals surface area contributed by atoms with Crippen LogP contribution in [0.1, 0.15) is 5.69 Å². The number of nitrogens with one attached hydrogen (secondary N) is 1. The maximum Gasteiger partial charge on any atom is 0.317 e. The molecule has 0 atom stereocenters. The highest BCUT2D eigenvalue weighted by Gasteiger charge is 2.21. The molecule has 4 rings (SSSR count). The molecule has 0 saturated carbocycles. The Labute approximate surface area is 152 Å². The molecule has 134 valence electrons. The van der Waals surface area contributed by atoms with E-state index in [4.69, 9.17) is 0 Å². The first kappa shape index (κ1) is 16.4. The summed E-state index contributed by atoms with van der Waals surface area (Å²) in [7, 11) is 0. The van der Waals surface area contributed by atoms with Gasteiger partial charge in [0, 0.05) is 57.7 Å². The van der Waals surface area contributed by atoms with Gasteiger partial charge < -0.3 is 19.5 Å². The van der Waals surface area contributed by atoms with E-state index in [-0.39, 0.29) is 6.03 Å². The van der Waals surface area contributed by atoms with Crippen molar-refractivity contribution in [3.63, 3.8) is 0 Å². The Morgan fingerprint density at radius 1 is 1.08 bits per heavy atom. The second kappa shape index (κ2) is 7.43. The van der Waals surface area contributed by atoms with E-state index in [1.165, 1.54) is 0 Å². The second-order valence-electron chi connectivity index (χ2n) is 6.34. The molecule has 1 fully saturated rings. The molecule has 0 unspecified atom stereocenters. The van der Waals surface area contributed by atoms with E-state index in [1.54, 1.807) is 6.20 Å². The zero-order chi connectivity index (χ0) is 17.8. The molecule has 0 bridgehead atoms. The zero-order valence-electron chi connectivity index (χ0n) is 14.6. The van der Waals surface area contributed by atoms with Gasteiger partial charge >= 0.3 is 6.03 Å². The van der Waals surface area contributed by atoms with Gasteiger partial charge in [-0.15, -0.1) is 0 Å². The van der Waals surface area contributed by atoms with Crippen LogP contribution in [0.4, 0.5) is 10.6 Å². The van der Waals surface area contributed by atoms with E-state index in [2.05, 4.69) is 20.2 Å². The monoisotopic (exact) mass is 350 g/mol. The Balaban J connectivity index is 1.24. The van der Waals surface area contributed by atoms with Crippen molar-refractivity contribution in [2.75, 3.05) is 37.6 Å². The first-order valence-electron chi connectivity index (χ1n) is 8.91. The number of carbonyl (C=O) groups is 1. The van der Waals surface area contributed by atoms with Crippen molar-refractivity contribution >= 4 is 17.5 Å². The number of piperazine rings is 1. The van der Waals surface area contributed by atoms with Crippen LogP contribution >= 0.6 is 0 Å². The SMILES string of the molecule is O=C(NCCc1cn2ccccc2n1)N1CCN(c2ccccn2)CC1. The Morgan fingerprint density at radius 2 is 1.92 bits per heavy atom. The van der Waals surface area contributed by atoms with Gasteiger partial charge in [-0.25, -0.2) is 14.8 Å². The normalized spacial score (nSPS) is 14.6. The highest BCUT2D eigenvalue weighted by molar-refractivity contribution is 5.74. The Bertz CT molecular complexity index is 837. The quantitative estimate of drug-likeness (QED) is 0.779. The minimum absolute atomic E-state index is 0.00515. The molecule has 2 amide bonds. The van der Waals surface area contributed by atoms with Gasteiger partial charge in [-0.2, -0.15) is 0 Å². The molecular weight excluding hydrogens is 328 g/mol. The summed E-state index contributed by atoms with van der Waals surface area (Å²) >= 11 is 0. The van der Waals surface area contributed by atoms with Crippen molar-refractivity contribution < 1.29 is 4.79 Å². The summed E-state index contributed by atoms with van der Waals surface area (Å²) in [6.07, 6.45) is 6.51. The molecule has 1 aliphatic rings. The number of hydrogen-bond acceptors (Lipinski definition) is 4. The van der Waals surface area contributed by atoms with Crippen molar-refractivity contribution in [3.8, 4) is 0 Å². The Kier molecular flexibility index (Phi) is 4.68. The van der Waals surface area contributed by atoms with Gasteiger partial charge in [0.1, 0.15) is 11.5 Å². The summed E-state index contributed by atoms with van der Waals surface area (Å²) in [5.41, 5.74) is 1.91. The largest absolute Gasteiger partial charge is 0.353 e. The first-order chi connectivity index (χ1) is 12.8. The third-order valence-electron chi connectivity index (χ3n) is 4.61. The smallest absolute Gasteiger partial charge is 0.317 e. The summed E-state index contributed by atoms with van der Waals surface area (Å²) in [6, 6.07) is 11.8. The van der Waals surface area contributed by atoms with Crippen molar-refractivity contribution in [2.45, 2.75) is 6.42 Å². The number of nitrogens with zero attached hydrogens (tertiary/aromatic N) is 5. The fraction of sp³-hybridized carbons (Fsp3) is 0.316.